The van der Waals surface area contributed by atoms with E-state index in [1.807, 2.05) is 0 Å². The molecule has 0 N–H and O–H groups in total. The van der Waals surface area contributed by atoms with Crippen LogP contribution in [0.5, 0.6) is 0 Å². The molecule has 1 aliphatic carbocycles. The van der Waals surface area contributed by atoms with E-state index < -0.39 is 0 Å². The molecule has 10 rings (SSSR count). The van der Waals surface area contributed by atoms with Crippen molar-refractivity contribution in [2.24, 2.45) is 0 Å². The maximum atomic E-state index is 2.48. The van der Waals surface area contributed by atoms with Crippen molar-refractivity contribution in [3.63, 3.8) is 0 Å². The topological polar surface area (TPSA) is 13.1 Å². The monoisotopic (exact) mass is 641 g/mol. The van der Waals surface area contributed by atoms with E-state index in [9.17, 15) is 0 Å². The lowest BCUT2D eigenvalue weighted by Crippen LogP contribution is -2.10. The second-order valence-corrected chi connectivity index (χ2v) is 13.5. The van der Waals surface area contributed by atoms with E-state index in [1.165, 1.54) is 66.1 Å². The Balaban J connectivity index is 1.23. The molecule has 1 aliphatic rings. The van der Waals surface area contributed by atoms with Crippen LogP contribution >= 0.6 is 0 Å². The van der Waals surface area contributed by atoms with Crippen molar-refractivity contribution < 1.29 is 0 Å². The van der Waals surface area contributed by atoms with E-state index >= 15 is 0 Å². The summed E-state index contributed by atoms with van der Waals surface area (Å²) in [6.45, 7) is 2.35. The summed E-state index contributed by atoms with van der Waals surface area (Å²) >= 11 is 0. The normalized spacial score (nSPS) is 14.1. The van der Waals surface area contributed by atoms with Crippen molar-refractivity contribution in [1.29, 1.82) is 0 Å². The maximum absolute atomic E-state index is 2.48. The van der Waals surface area contributed by atoms with Crippen LogP contribution in [0.2, 0.25) is 0 Å². The van der Waals surface area contributed by atoms with Crippen molar-refractivity contribution in [1.82, 2.24) is 9.13 Å². The third kappa shape index (κ3) is 4.44. The lowest BCUT2D eigenvalue weighted by molar-refractivity contribution is 0.723. The van der Waals surface area contributed by atoms with Gasteiger partial charge in [0, 0.05) is 61.8 Å². The van der Waals surface area contributed by atoms with Gasteiger partial charge in [0.1, 0.15) is 0 Å². The van der Waals surface area contributed by atoms with Crippen molar-refractivity contribution in [3.8, 4) is 11.4 Å². The molecule has 7 aromatic carbocycles. The Labute approximate surface area is 291 Å². The molecular weight excluding hydrogens is 607 g/mol. The van der Waals surface area contributed by atoms with Gasteiger partial charge in [-0.25, -0.2) is 0 Å². The summed E-state index contributed by atoms with van der Waals surface area (Å²) in [4.78, 5) is 2.43. The summed E-state index contributed by atoms with van der Waals surface area (Å²) in [5, 5.41) is 6.22. The average molecular weight is 642 g/mol. The number of benzene rings is 7. The molecule has 0 fully saturated rings. The molecule has 9 aromatic rings. The predicted molar refractivity (Wildman–Crippen MR) is 212 cm³/mol. The zero-order valence-electron chi connectivity index (χ0n) is 27.9. The first-order chi connectivity index (χ1) is 24.7. The highest BCUT2D eigenvalue weighted by Crippen LogP contribution is 2.44. The number of allylic oxidation sites excluding steroid dienone is 1. The van der Waals surface area contributed by atoms with Crippen LogP contribution < -0.4 is 4.90 Å². The third-order valence-electron chi connectivity index (χ3n) is 10.5. The van der Waals surface area contributed by atoms with Gasteiger partial charge >= 0.3 is 0 Å². The van der Waals surface area contributed by atoms with E-state index in [4.69, 9.17) is 0 Å². The van der Waals surface area contributed by atoms with Gasteiger partial charge in [-0.15, -0.1) is 0 Å². The van der Waals surface area contributed by atoms with E-state index in [0.29, 0.717) is 5.92 Å². The maximum Gasteiger partial charge on any atom is 0.0542 e. The highest BCUT2D eigenvalue weighted by molar-refractivity contribution is 6.11. The number of hydrogen-bond donors (Lipinski definition) is 0. The number of anilines is 3. The summed E-state index contributed by atoms with van der Waals surface area (Å²) in [5.41, 5.74) is 12.1. The molecule has 3 heteroatoms. The summed E-state index contributed by atoms with van der Waals surface area (Å²) in [7, 11) is 0. The van der Waals surface area contributed by atoms with Crippen molar-refractivity contribution in [3.05, 3.63) is 181 Å². The highest BCUT2D eigenvalue weighted by Gasteiger charge is 2.25. The minimum Gasteiger partial charge on any atom is -0.313 e. The molecule has 2 aromatic heterocycles. The molecule has 1 atom stereocenters. The fourth-order valence-corrected chi connectivity index (χ4v) is 8.20. The zero-order valence-corrected chi connectivity index (χ0v) is 27.9. The summed E-state index contributed by atoms with van der Waals surface area (Å²) in [6, 6.07) is 59.7. The Bertz CT molecular complexity index is 2750. The smallest absolute Gasteiger partial charge is 0.0542 e. The van der Waals surface area contributed by atoms with Crippen LogP contribution in [-0.4, -0.2) is 9.13 Å². The molecular formula is C47H35N3. The fourth-order valence-electron chi connectivity index (χ4n) is 8.20. The van der Waals surface area contributed by atoms with E-state index in [0.717, 1.165) is 23.5 Å². The Kier molecular flexibility index (Phi) is 6.53. The fraction of sp³-hybridized carbons (Fsp3) is 0.0638. The molecule has 1 unspecified atom stereocenters. The highest BCUT2D eigenvalue weighted by atomic mass is 15.1. The molecule has 50 heavy (non-hydrogen) atoms. The first kappa shape index (κ1) is 28.7. The first-order valence-corrected chi connectivity index (χ1v) is 17.5. The molecule has 2 heterocycles. The van der Waals surface area contributed by atoms with Crippen LogP contribution in [-0.2, 0) is 0 Å². The number of aromatic nitrogens is 2. The molecule has 0 saturated carbocycles. The van der Waals surface area contributed by atoms with E-state index in [2.05, 4.69) is 197 Å². The quantitative estimate of drug-likeness (QED) is 0.182. The second kappa shape index (κ2) is 11.4. The number of para-hydroxylation sites is 3. The number of nitrogens with zero attached hydrogens (tertiary/aromatic N) is 3. The van der Waals surface area contributed by atoms with Crippen LogP contribution in [0, 0.1) is 0 Å². The van der Waals surface area contributed by atoms with E-state index in [1.54, 1.807) is 0 Å². The van der Waals surface area contributed by atoms with Gasteiger partial charge in [-0.2, -0.15) is 0 Å². The predicted octanol–water partition coefficient (Wildman–Crippen LogP) is 12.9. The molecule has 0 radical (unpaired) electrons. The van der Waals surface area contributed by atoms with Crippen molar-refractivity contribution in [2.45, 2.75) is 19.3 Å². The van der Waals surface area contributed by atoms with Gasteiger partial charge in [-0.1, -0.05) is 104 Å². The SMILES string of the molecule is CC1CC=Cc2c1n(-c1ccccc1)c1ccc(N(c3ccc4ccccc4c3)c3ccc4c(c3)c3ccccc3n4-c3ccccc3)cc21. The molecule has 0 bridgehead atoms. The van der Waals surface area contributed by atoms with Gasteiger partial charge in [-0.3, -0.25) is 0 Å². The summed E-state index contributed by atoms with van der Waals surface area (Å²) in [5.74, 6) is 0.423. The molecule has 0 spiro atoms. The van der Waals surface area contributed by atoms with Crippen LogP contribution in [0.3, 0.4) is 0 Å². The summed E-state index contributed by atoms with van der Waals surface area (Å²) < 4.78 is 4.86. The van der Waals surface area contributed by atoms with Crippen molar-refractivity contribution >= 4 is 66.6 Å². The lowest BCUT2D eigenvalue weighted by atomic mass is 9.93. The second-order valence-electron chi connectivity index (χ2n) is 13.5. The number of hydrogen-bond acceptors (Lipinski definition) is 1. The standard InChI is InChI=1S/C47H35N3/c1-32-13-12-21-41-43-31-39(26-28-46(43)50(47(32)41)36-18-6-3-7-19-36)48(37-24-23-33-14-8-9-15-34(33)29-37)38-25-27-45-42(30-38)40-20-10-11-22-44(40)49(45)35-16-4-2-5-17-35/h2-12,14-32H,13H2,1H3. The average Bonchev–Trinajstić information content (AvgIpc) is 3.69. The van der Waals surface area contributed by atoms with Crippen LogP contribution in [0.15, 0.2) is 170 Å². The van der Waals surface area contributed by atoms with Gasteiger partial charge in [0.05, 0.1) is 16.6 Å². The molecule has 0 amide bonds. The Morgan fingerprint density at radius 3 is 1.80 bits per heavy atom. The van der Waals surface area contributed by atoms with Gasteiger partial charge in [0.2, 0.25) is 0 Å². The zero-order chi connectivity index (χ0) is 33.2. The van der Waals surface area contributed by atoms with Gasteiger partial charge in [-0.05, 0) is 96.1 Å². The number of fused-ring (bicyclic) bond motifs is 7. The lowest BCUT2D eigenvalue weighted by Gasteiger charge is -2.26. The Morgan fingerprint density at radius 1 is 0.480 bits per heavy atom. The van der Waals surface area contributed by atoms with Gasteiger partial charge in [0.15, 0.2) is 0 Å². The Morgan fingerprint density at radius 2 is 1.04 bits per heavy atom. The van der Waals surface area contributed by atoms with Gasteiger partial charge < -0.3 is 14.0 Å². The third-order valence-corrected chi connectivity index (χ3v) is 10.5. The number of rotatable bonds is 5. The minimum atomic E-state index is 0.423. The molecule has 0 saturated heterocycles. The molecule has 238 valence electrons. The summed E-state index contributed by atoms with van der Waals surface area (Å²) in [6.07, 6.45) is 5.72. The minimum absolute atomic E-state index is 0.423. The van der Waals surface area contributed by atoms with Crippen LogP contribution in [0.25, 0.3) is 60.9 Å². The van der Waals surface area contributed by atoms with E-state index in [-0.39, 0.29) is 0 Å². The van der Waals surface area contributed by atoms with Gasteiger partial charge in [0.25, 0.3) is 0 Å². The van der Waals surface area contributed by atoms with Crippen LogP contribution in [0.4, 0.5) is 17.1 Å². The molecule has 0 aliphatic heterocycles. The Hall–Kier alpha value is -6.32. The first-order valence-electron chi connectivity index (χ1n) is 17.5. The van der Waals surface area contributed by atoms with Crippen molar-refractivity contribution in [2.75, 3.05) is 4.90 Å². The molecule has 3 nitrogen and oxygen atoms in total. The van der Waals surface area contributed by atoms with Crippen LogP contribution in [0.1, 0.15) is 30.5 Å². The largest absolute Gasteiger partial charge is 0.313 e.